The molecule has 0 bridgehead atoms. The Labute approximate surface area is 175 Å². The maximum atomic E-state index is 12.7. The molecule has 0 aromatic heterocycles. The normalized spacial score (nSPS) is 16.3. The van der Waals surface area contributed by atoms with Crippen LogP contribution in [0.25, 0.3) is 0 Å². The highest BCUT2D eigenvalue weighted by Gasteiger charge is 2.21. The number of anilines is 1. The van der Waals surface area contributed by atoms with E-state index in [-0.39, 0.29) is 5.91 Å². The van der Waals surface area contributed by atoms with Crippen molar-refractivity contribution in [2.45, 2.75) is 11.3 Å². The predicted molar refractivity (Wildman–Crippen MR) is 115 cm³/mol. The number of hydrogen-bond donors (Lipinski definition) is 0. The minimum atomic E-state index is 0.177. The Morgan fingerprint density at radius 2 is 1.72 bits per heavy atom. The molecular weight excluding hydrogens is 388 g/mol. The SMILES string of the molecule is COc1ccc(N2CCN(C(=O)CSc3ccc4c(c3)OCCCO4)CC2)cc1. The number of nitrogens with zero attached hydrogens (tertiary/aromatic N) is 2. The van der Waals surface area contributed by atoms with E-state index >= 15 is 0 Å². The van der Waals surface area contributed by atoms with Gasteiger partial charge in [0.15, 0.2) is 11.5 Å². The van der Waals surface area contributed by atoms with Crippen molar-refractivity contribution in [1.82, 2.24) is 4.90 Å². The predicted octanol–water partition coefficient (Wildman–Crippen LogP) is 3.30. The molecule has 29 heavy (non-hydrogen) atoms. The van der Waals surface area contributed by atoms with Crippen molar-refractivity contribution < 1.29 is 19.0 Å². The van der Waals surface area contributed by atoms with Gasteiger partial charge in [-0.2, -0.15) is 0 Å². The third-order valence-electron chi connectivity index (χ3n) is 5.15. The molecule has 2 heterocycles. The van der Waals surface area contributed by atoms with Crippen LogP contribution in [0.1, 0.15) is 6.42 Å². The summed E-state index contributed by atoms with van der Waals surface area (Å²) in [5, 5.41) is 0. The second-order valence-electron chi connectivity index (χ2n) is 7.01. The molecule has 1 fully saturated rings. The van der Waals surface area contributed by atoms with E-state index in [4.69, 9.17) is 14.2 Å². The zero-order valence-electron chi connectivity index (χ0n) is 16.6. The Morgan fingerprint density at radius 3 is 2.45 bits per heavy atom. The van der Waals surface area contributed by atoms with E-state index in [1.807, 2.05) is 35.2 Å². The van der Waals surface area contributed by atoms with Crippen LogP contribution in [0.2, 0.25) is 0 Å². The van der Waals surface area contributed by atoms with E-state index in [2.05, 4.69) is 17.0 Å². The summed E-state index contributed by atoms with van der Waals surface area (Å²) in [7, 11) is 1.67. The molecule has 0 unspecified atom stereocenters. The zero-order valence-corrected chi connectivity index (χ0v) is 17.5. The van der Waals surface area contributed by atoms with E-state index in [0.29, 0.717) is 19.0 Å². The van der Waals surface area contributed by atoms with Crippen molar-refractivity contribution in [3.63, 3.8) is 0 Å². The average molecular weight is 415 g/mol. The lowest BCUT2D eigenvalue weighted by Crippen LogP contribution is -2.49. The molecule has 0 spiro atoms. The number of amides is 1. The lowest BCUT2D eigenvalue weighted by molar-refractivity contribution is -0.128. The van der Waals surface area contributed by atoms with Crippen LogP contribution < -0.4 is 19.1 Å². The first-order chi connectivity index (χ1) is 14.2. The Morgan fingerprint density at radius 1 is 1.00 bits per heavy atom. The number of hydrogen-bond acceptors (Lipinski definition) is 6. The van der Waals surface area contributed by atoms with Crippen LogP contribution in [-0.2, 0) is 4.79 Å². The van der Waals surface area contributed by atoms with Gasteiger partial charge in [-0.25, -0.2) is 0 Å². The molecule has 1 saturated heterocycles. The Balaban J connectivity index is 1.27. The Kier molecular flexibility index (Phi) is 6.34. The van der Waals surface area contributed by atoms with Crippen LogP contribution in [0, 0.1) is 0 Å². The third kappa shape index (κ3) is 4.90. The largest absolute Gasteiger partial charge is 0.497 e. The highest BCUT2D eigenvalue weighted by Crippen LogP contribution is 2.34. The van der Waals surface area contributed by atoms with Gasteiger partial charge in [0.2, 0.25) is 5.91 Å². The third-order valence-corrected chi connectivity index (χ3v) is 6.13. The first-order valence-corrected chi connectivity index (χ1v) is 10.9. The Bertz CT molecular complexity index is 835. The van der Waals surface area contributed by atoms with Crippen LogP contribution in [0.4, 0.5) is 5.69 Å². The number of benzene rings is 2. The first-order valence-electron chi connectivity index (χ1n) is 9.92. The lowest BCUT2D eigenvalue weighted by atomic mass is 10.2. The summed E-state index contributed by atoms with van der Waals surface area (Å²) in [6.45, 7) is 4.51. The smallest absolute Gasteiger partial charge is 0.233 e. The highest BCUT2D eigenvalue weighted by molar-refractivity contribution is 8.00. The first kappa shape index (κ1) is 19.8. The fourth-order valence-corrected chi connectivity index (χ4v) is 4.30. The van der Waals surface area contributed by atoms with Gasteiger partial charge in [0.05, 0.1) is 26.1 Å². The minimum Gasteiger partial charge on any atom is -0.497 e. The molecular formula is C22H26N2O4S. The molecule has 2 aromatic carbocycles. The molecule has 2 aromatic rings. The van der Waals surface area contributed by atoms with Crippen molar-refractivity contribution in [2.75, 3.05) is 57.2 Å². The van der Waals surface area contributed by atoms with Gasteiger partial charge in [-0.15, -0.1) is 11.8 Å². The number of thioether (sulfide) groups is 1. The molecule has 4 rings (SSSR count). The van der Waals surface area contributed by atoms with Crippen molar-refractivity contribution in [3.05, 3.63) is 42.5 Å². The van der Waals surface area contributed by atoms with E-state index in [1.54, 1.807) is 18.9 Å². The van der Waals surface area contributed by atoms with E-state index in [9.17, 15) is 4.79 Å². The van der Waals surface area contributed by atoms with E-state index in [1.165, 1.54) is 5.69 Å². The van der Waals surface area contributed by atoms with Crippen molar-refractivity contribution in [3.8, 4) is 17.2 Å². The topological polar surface area (TPSA) is 51.2 Å². The number of fused-ring (bicyclic) bond motifs is 1. The number of ether oxygens (including phenoxy) is 3. The molecule has 0 radical (unpaired) electrons. The van der Waals surface area contributed by atoms with Crippen molar-refractivity contribution >= 4 is 23.4 Å². The number of rotatable bonds is 5. The molecule has 2 aliphatic rings. The summed E-state index contributed by atoms with van der Waals surface area (Å²) in [6, 6.07) is 14.0. The van der Waals surface area contributed by atoms with Crippen molar-refractivity contribution in [2.24, 2.45) is 0 Å². The van der Waals surface area contributed by atoms with Gasteiger partial charge in [0.25, 0.3) is 0 Å². The molecule has 6 nitrogen and oxygen atoms in total. The van der Waals surface area contributed by atoms with Crippen LogP contribution in [0.3, 0.4) is 0 Å². The summed E-state index contributed by atoms with van der Waals surface area (Å²) < 4.78 is 16.6. The van der Waals surface area contributed by atoms with Gasteiger partial charge in [-0.1, -0.05) is 0 Å². The molecule has 0 aliphatic carbocycles. The van der Waals surface area contributed by atoms with Crippen LogP contribution in [-0.4, -0.2) is 63.1 Å². The van der Waals surface area contributed by atoms with Gasteiger partial charge in [-0.3, -0.25) is 4.79 Å². The standard InChI is InChI=1S/C22H26N2O4S/c1-26-18-5-3-17(4-6-18)23-9-11-24(12-10-23)22(25)16-29-19-7-8-20-21(15-19)28-14-2-13-27-20/h3-8,15H,2,9-14,16H2,1H3. The second kappa shape index (κ2) is 9.31. The fourth-order valence-electron chi connectivity index (χ4n) is 3.48. The average Bonchev–Trinajstić information content (AvgIpc) is 3.02. The van der Waals surface area contributed by atoms with Gasteiger partial charge in [0, 0.05) is 43.2 Å². The monoisotopic (exact) mass is 414 g/mol. The van der Waals surface area contributed by atoms with Gasteiger partial charge >= 0.3 is 0 Å². The molecule has 2 aliphatic heterocycles. The molecule has 7 heteroatoms. The van der Waals surface area contributed by atoms with Crippen molar-refractivity contribution in [1.29, 1.82) is 0 Å². The summed E-state index contributed by atoms with van der Waals surface area (Å²) in [6.07, 6.45) is 0.887. The molecule has 0 atom stereocenters. The van der Waals surface area contributed by atoms with Crippen LogP contribution >= 0.6 is 11.8 Å². The Hall–Kier alpha value is -2.54. The second-order valence-corrected chi connectivity index (χ2v) is 8.06. The maximum Gasteiger partial charge on any atom is 0.233 e. The maximum absolute atomic E-state index is 12.7. The quantitative estimate of drug-likeness (QED) is 0.700. The zero-order chi connectivity index (χ0) is 20.1. The highest BCUT2D eigenvalue weighted by atomic mass is 32.2. The number of piperazine rings is 1. The summed E-state index contributed by atoms with van der Waals surface area (Å²) in [5.74, 6) is 3.02. The molecule has 1 amide bonds. The minimum absolute atomic E-state index is 0.177. The van der Waals surface area contributed by atoms with Gasteiger partial charge in [0.1, 0.15) is 5.75 Å². The van der Waals surface area contributed by atoms with E-state index in [0.717, 1.165) is 54.7 Å². The summed E-state index contributed by atoms with van der Waals surface area (Å²) in [5.41, 5.74) is 1.17. The van der Waals surface area contributed by atoms with Crippen LogP contribution in [0.15, 0.2) is 47.4 Å². The van der Waals surface area contributed by atoms with Gasteiger partial charge in [-0.05, 0) is 42.5 Å². The summed E-state index contributed by atoms with van der Waals surface area (Å²) in [4.78, 5) is 17.9. The van der Waals surface area contributed by atoms with Gasteiger partial charge < -0.3 is 24.0 Å². The summed E-state index contributed by atoms with van der Waals surface area (Å²) >= 11 is 1.55. The van der Waals surface area contributed by atoms with Crippen LogP contribution in [0.5, 0.6) is 17.2 Å². The van der Waals surface area contributed by atoms with E-state index < -0.39 is 0 Å². The number of carbonyl (C=O) groups is 1. The lowest BCUT2D eigenvalue weighted by Gasteiger charge is -2.36. The molecule has 154 valence electrons. The fraction of sp³-hybridized carbons (Fsp3) is 0.409. The molecule has 0 N–H and O–H groups in total. The molecule has 0 saturated carbocycles. The number of carbonyl (C=O) groups excluding carboxylic acids is 1. The number of methoxy groups -OCH3 is 1.